The number of carbonyl (C=O) groups excluding carboxylic acids is 3. The van der Waals surface area contributed by atoms with Crippen LogP contribution in [-0.2, 0) is 20.8 Å². The van der Waals surface area contributed by atoms with E-state index in [0.29, 0.717) is 18.7 Å². The zero-order valence-electron chi connectivity index (χ0n) is 15.4. The van der Waals surface area contributed by atoms with Crippen molar-refractivity contribution in [1.29, 1.82) is 0 Å². The molecule has 6 heteroatoms. The van der Waals surface area contributed by atoms with E-state index < -0.39 is 6.04 Å². The van der Waals surface area contributed by atoms with Gasteiger partial charge in [0.2, 0.25) is 11.8 Å². The summed E-state index contributed by atoms with van der Waals surface area (Å²) in [6.07, 6.45) is 0.600. The Kier molecular flexibility index (Phi) is 5.54. The normalized spacial score (nSPS) is 16.5. The predicted octanol–water partition coefficient (Wildman–Crippen LogP) is 2.42. The number of carbonyl (C=O) groups is 3. The molecule has 1 aliphatic rings. The summed E-state index contributed by atoms with van der Waals surface area (Å²) < 4.78 is 5.14. The number of hydrogen-bond donors (Lipinski definition) is 0. The van der Waals surface area contributed by atoms with Crippen molar-refractivity contribution >= 4 is 23.4 Å². The van der Waals surface area contributed by atoms with Gasteiger partial charge in [0.1, 0.15) is 11.8 Å². The van der Waals surface area contributed by atoms with E-state index in [9.17, 15) is 14.4 Å². The van der Waals surface area contributed by atoms with Crippen LogP contribution in [0.4, 0.5) is 5.69 Å². The average Bonchev–Trinajstić information content (AvgIpc) is 2.97. The molecule has 0 N–H and O–H groups in total. The number of nitrogens with zero attached hydrogens (tertiary/aromatic N) is 2. The number of benzene rings is 2. The van der Waals surface area contributed by atoms with Gasteiger partial charge in [0.05, 0.1) is 19.2 Å². The lowest BCUT2D eigenvalue weighted by Gasteiger charge is -2.26. The molecule has 0 radical (unpaired) electrons. The van der Waals surface area contributed by atoms with Gasteiger partial charge < -0.3 is 9.64 Å². The molecule has 1 heterocycles. The van der Waals surface area contributed by atoms with Gasteiger partial charge in [0, 0.05) is 13.5 Å². The smallest absolute Gasteiger partial charge is 0.257 e. The highest BCUT2D eigenvalue weighted by Crippen LogP contribution is 2.26. The zero-order chi connectivity index (χ0) is 19.4. The van der Waals surface area contributed by atoms with Gasteiger partial charge in [-0.2, -0.15) is 0 Å². The van der Waals surface area contributed by atoms with Crippen molar-refractivity contribution in [3.8, 4) is 5.75 Å². The molecule has 2 aromatic rings. The second-order valence-corrected chi connectivity index (χ2v) is 6.43. The molecule has 27 heavy (non-hydrogen) atoms. The number of imide groups is 1. The highest BCUT2D eigenvalue weighted by molar-refractivity contribution is 6.22. The molecule has 3 rings (SSSR count). The third-order valence-corrected chi connectivity index (χ3v) is 4.72. The summed E-state index contributed by atoms with van der Waals surface area (Å²) in [5.41, 5.74) is 1.56. The number of anilines is 1. The number of para-hydroxylation sites is 1. The summed E-state index contributed by atoms with van der Waals surface area (Å²) in [6, 6.07) is 15.6. The first kappa shape index (κ1) is 18.6. The zero-order valence-corrected chi connectivity index (χ0v) is 15.4. The Balaban J connectivity index is 1.73. The molecule has 0 saturated carbocycles. The van der Waals surface area contributed by atoms with Crippen LogP contribution in [0.1, 0.15) is 18.9 Å². The number of rotatable bonds is 6. The Morgan fingerprint density at radius 3 is 2.37 bits per heavy atom. The third kappa shape index (κ3) is 4.00. The van der Waals surface area contributed by atoms with Gasteiger partial charge in [-0.25, -0.2) is 4.90 Å². The van der Waals surface area contributed by atoms with Gasteiger partial charge in [-0.05, 0) is 36.2 Å². The van der Waals surface area contributed by atoms with E-state index >= 15 is 0 Å². The van der Waals surface area contributed by atoms with Crippen molar-refractivity contribution in [3.05, 3.63) is 60.2 Å². The lowest BCUT2D eigenvalue weighted by molar-refractivity contribution is -0.136. The van der Waals surface area contributed by atoms with E-state index in [1.165, 1.54) is 16.7 Å². The molecule has 140 valence electrons. The van der Waals surface area contributed by atoms with Crippen LogP contribution < -0.4 is 9.64 Å². The fourth-order valence-electron chi connectivity index (χ4n) is 3.28. The third-order valence-electron chi connectivity index (χ3n) is 4.72. The fraction of sp³-hybridized carbons (Fsp3) is 0.286. The minimum atomic E-state index is -0.756. The molecule has 0 unspecified atom stereocenters. The first-order chi connectivity index (χ1) is 13.0. The minimum absolute atomic E-state index is 0.00984. The highest BCUT2D eigenvalue weighted by Gasteiger charge is 2.43. The maximum Gasteiger partial charge on any atom is 0.257 e. The molecule has 0 aromatic heterocycles. The summed E-state index contributed by atoms with van der Waals surface area (Å²) >= 11 is 0. The number of ether oxygens (including phenoxy) is 1. The van der Waals surface area contributed by atoms with Crippen molar-refractivity contribution in [2.24, 2.45) is 0 Å². The van der Waals surface area contributed by atoms with Crippen LogP contribution in [0.25, 0.3) is 0 Å². The van der Waals surface area contributed by atoms with Crippen LogP contribution in [0, 0.1) is 0 Å². The number of hydrogen-bond acceptors (Lipinski definition) is 4. The van der Waals surface area contributed by atoms with Gasteiger partial charge in [-0.3, -0.25) is 14.4 Å². The maximum absolute atomic E-state index is 12.9. The SMILES string of the molecule is COc1ccc(CCN(C(C)=O)[C@@H]2CC(=O)N(c3ccccc3)C2=O)cc1. The van der Waals surface area contributed by atoms with Crippen LogP contribution in [-0.4, -0.2) is 42.3 Å². The van der Waals surface area contributed by atoms with Gasteiger partial charge in [-0.1, -0.05) is 30.3 Å². The first-order valence-electron chi connectivity index (χ1n) is 8.83. The van der Waals surface area contributed by atoms with E-state index in [1.807, 2.05) is 30.3 Å². The lowest BCUT2D eigenvalue weighted by Crippen LogP contribution is -2.45. The second kappa shape index (κ2) is 8.03. The molecule has 0 aliphatic carbocycles. The van der Waals surface area contributed by atoms with Crippen LogP contribution in [0.15, 0.2) is 54.6 Å². The van der Waals surface area contributed by atoms with Gasteiger partial charge >= 0.3 is 0 Å². The molecule has 1 aliphatic heterocycles. The molecule has 0 bridgehead atoms. The quantitative estimate of drug-likeness (QED) is 0.737. The predicted molar refractivity (Wildman–Crippen MR) is 101 cm³/mol. The molecule has 2 aromatic carbocycles. The van der Waals surface area contributed by atoms with Crippen molar-refractivity contribution in [2.75, 3.05) is 18.6 Å². The molecular formula is C21H22N2O4. The molecule has 1 fully saturated rings. The van der Waals surface area contributed by atoms with E-state index in [2.05, 4.69) is 0 Å². The summed E-state index contributed by atoms with van der Waals surface area (Å²) in [5, 5.41) is 0. The summed E-state index contributed by atoms with van der Waals surface area (Å²) in [6.45, 7) is 1.80. The standard InChI is InChI=1S/C21H22N2O4/c1-15(24)22(13-12-16-8-10-18(27-2)11-9-16)19-14-20(25)23(21(19)26)17-6-4-3-5-7-17/h3-11,19H,12-14H2,1-2H3/t19-/m1/s1. The molecule has 3 amide bonds. The Labute approximate surface area is 158 Å². The van der Waals surface area contributed by atoms with E-state index in [-0.39, 0.29) is 24.1 Å². The number of amides is 3. The van der Waals surface area contributed by atoms with Crippen molar-refractivity contribution in [3.63, 3.8) is 0 Å². The van der Waals surface area contributed by atoms with E-state index in [1.54, 1.807) is 31.4 Å². The monoisotopic (exact) mass is 366 g/mol. The Morgan fingerprint density at radius 1 is 1.11 bits per heavy atom. The van der Waals surface area contributed by atoms with Crippen LogP contribution in [0.5, 0.6) is 5.75 Å². The summed E-state index contributed by atoms with van der Waals surface area (Å²) in [4.78, 5) is 40.1. The highest BCUT2D eigenvalue weighted by atomic mass is 16.5. The summed E-state index contributed by atoms with van der Waals surface area (Å²) in [5.74, 6) is -0.0927. The maximum atomic E-state index is 12.9. The lowest BCUT2D eigenvalue weighted by atomic mass is 10.1. The Hall–Kier alpha value is -3.15. The van der Waals surface area contributed by atoms with Gasteiger partial charge in [-0.15, -0.1) is 0 Å². The second-order valence-electron chi connectivity index (χ2n) is 6.43. The fourth-order valence-corrected chi connectivity index (χ4v) is 3.28. The van der Waals surface area contributed by atoms with Crippen molar-refractivity contribution < 1.29 is 19.1 Å². The van der Waals surface area contributed by atoms with Crippen molar-refractivity contribution in [2.45, 2.75) is 25.8 Å². The van der Waals surface area contributed by atoms with Crippen LogP contribution >= 0.6 is 0 Å². The number of methoxy groups -OCH3 is 1. The Morgan fingerprint density at radius 2 is 1.78 bits per heavy atom. The van der Waals surface area contributed by atoms with Crippen LogP contribution in [0.3, 0.4) is 0 Å². The van der Waals surface area contributed by atoms with E-state index in [0.717, 1.165) is 11.3 Å². The topological polar surface area (TPSA) is 66.9 Å². The summed E-state index contributed by atoms with van der Waals surface area (Å²) in [7, 11) is 1.60. The molecule has 1 atom stereocenters. The van der Waals surface area contributed by atoms with Gasteiger partial charge in [0.15, 0.2) is 0 Å². The minimum Gasteiger partial charge on any atom is -0.497 e. The molecule has 6 nitrogen and oxygen atoms in total. The van der Waals surface area contributed by atoms with Gasteiger partial charge in [0.25, 0.3) is 5.91 Å². The van der Waals surface area contributed by atoms with Crippen LogP contribution in [0.2, 0.25) is 0 Å². The molecule has 0 spiro atoms. The first-order valence-corrected chi connectivity index (χ1v) is 8.83. The largest absolute Gasteiger partial charge is 0.497 e. The molecule has 1 saturated heterocycles. The van der Waals surface area contributed by atoms with Crippen molar-refractivity contribution in [1.82, 2.24) is 4.90 Å². The average molecular weight is 366 g/mol. The van der Waals surface area contributed by atoms with E-state index in [4.69, 9.17) is 4.74 Å². The Bertz CT molecular complexity index is 833. The molecular weight excluding hydrogens is 344 g/mol.